The van der Waals surface area contributed by atoms with Crippen LogP contribution in [0.2, 0.25) is 0 Å². The molecule has 10 heteroatoms. The van der Waals surface area contributed by atoms with Crippen LogP contribution in [0.4, 0.5) is 0 Å². The molecule has 1 amide bonds. The van der Waals surface area contributed by atoms with Crippen molar-refractivity contribution in [2.75, 3.05) is 40.9 Å². The fourth-order valence-electron chi connectivity index (χ4n) is 8.81. The van der Waals surface area contributed by atoms with Crippen LogP contribution in [0.1, 0.15) is 278 Å². The molecular weight excluding hydrogens is 952 g/mol. The van der Waals surface area contributed by atoms with Gasteiger partial charge in [0.2, 0.25) is 5.91 Å². The van der Waals surface area contributed by atoms with E-state index in [9.17, 15) is 19.0 Å². The minimum absolute atomic E-state index is 0.0352. The summed E-state index contributed by atoms with van der Waals surface area (Å²) in [6.45, 7) is 6.87. The zero-order valence-corrected chi connectivity index (χ0v) is 50.7. The number of phosphoric acid groups is 1. The van der Waals surface area contributed by atoms with Crippen LogP contribution in [0.3, 0.4) is 0 Å². The largest absolute Gasteiger partial charge is 0.472 e. The van der Waals surface area contributed by atoms with Crippen molar-refractivity contribution in [1.29, 1.82) is 0 Å². The molecule has 0 aromatic heterocycles. The second kappa shape index (κ2) is 54.8. The predicted octanol–water partition coefficient (Wildman–Crippen LogP) is 19.2. The molecule has 0 bridgehead atoms. The Morgan fingerprint density at radius 2 is 0.853 bits per heavy atom. The molecule has 0 aromatic carbocycles. The van der Waals surface area contributed by atoms with Crippen molar-refractivity contribution in [2.24, 2.45) is 0 Å². The molecule has 3 atom stereocenters. The highest BCUT2D eigenvalue weighted by Gasteiger charge is 2.30. The lowest BCUT2D eigenvalue weighted by atomic mass is 10.0. The zero-order valence-electron chi connectivity index (χ0n) is 49.8. The maximum Gasteiger partial charge on any atom is 0.472 e. The molecule has 0 aliphatic heterocycles. The van der Waals surface area contributed by atoms with Crippen LogP contribution < -0.4 is 5.32 Å². The third kappa shape index (κ3) is 56.0. The summed E-state index contributed by atoms with van der Waals surface area (Å²) in [5.74, 6) is -0.519. The van der Waals surface area contributed by atoms with Crippen molar-refractivity contribution >= 4 is 19.7 Å². The van der Waals surface area contributed by atoms with Crippen molar-refractivity contribution in [3.8, 4) is 0 Å². The van der Waals surface area contributed by atoms with Gasteiger partial charge in [0.05, 0.1) is 33.8 Å². The summed E-state index contributed by atoms with van der Waals surface area (Å²) < 4.78 is 30.7. The molecule has 0 saturated carbocycles. The topological polar surface area (TPSA) is 111 Å². The number of likely N-dealkylation sites (N-methyl/N-ethyl adjacent to an activating group) is 1. The normalized spacial score (nSPS) is 14.2. The van der Waals surface area contributed by atoms with Gasteiger partial charge >= 0.3 is 13.8 Å². The average Bonchev–Trinajstić information content (AvgIpc) is 3.37. The number of nitrogens with zero attached hydrogens (tertiary/aromatic N) is 1. The molecule has 0 heterocycles. The van der Waals surface area contributed by atoms with Crippen LogP contribution in [0.5, 0.6) is 0 Å². The molecule has 2 N–H and O–H groups in total. The summed E-state index contributed by atoms with van der Waals surface area (Å²) in [5, 5.41) is 3.05. The summed E-state index contributed by atoms with van der Waals surface area (Å²) in [6.07, 6.45) is 70.4. The second-order valence-corrected chi connectivity index (χ2v) is 23.6. The van der Waals surface area contributed by atoms with Gasteiger partial charge in [-0.15, -0.1) is 0 Å². The Labute approximate surface area is 463 Å². The first-order valence-electron chi connectivity index (χ1n) is 31.3. The lowest BCUT2D eigenvalue weighted by molar-refractivity contribution is -0.870. The Morgan fingerprint density at radius 3 is 1.31 bits per heavy atom. The van der Waals surface area contributed by atoms with Crippen molar-refractivity contribution < 1.29 is 37.3 Å². The minimum atomic E-state index is -4.45. The molecule has 9 nitrogen and oxygen atoms in total. The van der Waals surface area contributed by atoms with E-state index >= 15 is 0 Å². The van der Waals surface area contributed by atoms with Gasteiger partial charge in [0, 0.05) is 12.8 Å². The lowest BCUT2D eigenvalue weighted by Crippen LogP contribution is -2.47. The number of allylic oxidation sites excluding steroid dienone is 11. The monoisotopic (exact) mass is 1070 g/mol. The molecule has 0 saturated heterocycles. The Balaban J connectivity index is 5.23. The first-order chi connectivity index (χ1) is 36.4. The van der Waals surface area contributed by atoms with Gasteiger partial charge in [-0.2, -0.15) is 0 Å². The lowest BCUT2D eigenvalue weighted by Gasteiger charge is -2.27. The van der Waals surface area contributed by atoms with Gasteiger partial charge in [-0.25, -0.2) is 4.57 Å². The minimum Gasteiger partial charge on any atom is -0.456 e. The van der Waals surface area contributed by atoms with E-state index in [-0.39, 0.29) is 31.5 Å². The first kappa shape index (κ1) is 72.5. The van der Waals surface area contributed by atoms with Crippen molar-refractivity contribution in [3.05, 3.63) is 72.9 Å². The molecular formula is C65H120N2O7P+. The van der Waals surface area contributed by atoms with Crippen molar-refractivity contribution in [2.45, 2.75) is 290 Å². The highest BCUT2D eigenvalue weighted by molar-refractivity contribution is 7.47. The maximum absolute atomic E-state index is 13.5. The Bertz CT molecular complexity index is 1510. The fraction of sp³-hybridized carbons (Fsp3) is 0.785. The quantitative estimate of drug-likeness (QED) is 0.0205. The van der Waals surface area contributed by atoms with E-state index in [0.29, 0.717) is 17.4 Å². The third-order valence-corrected chi connectivity index (χ3v) is 14.6. The summed E-state index contributed by atoms with van der Waals surface area (Å²) in [7, 11) is 1.48. The highest BCUT2D eigenvalue weighted by Crippen LogP contribution is 2.43. The Morgan fingerprint density at radius 1 is 0.480 bits per heavy atom. The number of carbonyl (C=O) groups excluding carboxylic acids is 2. The maximum atomic E-state index is 13.5. The molecule has 3 unspecified atom stereocenters. The van der Waals surface area contributed by atoms with E-state index in [1.54, 1.807) is 0 Å². The van der Waals surface area contributed by atoms with Gasteiger partial charge < -0.3 is 19.4 Å². The van der Waals surface area contributed by atoms with Crippen LogP contribution in [-0.4, -0.2) is 74.3 Å². The van der Waals surface area contributed by atoms with Crippen LogP contribution in [0.25, 0.3) is 0 Å². The molecule has 0 rings (SSSR count). The van der Waals surface area contributed by atoms with Gasteiger partial charge in [-0.1, -0.05) is 242 Å². The van der Waals surface area contributed by atoms with Gasteiger partial charge in [0.15, 0.2) is 0 Å². The number of amides is 1. The van der Waals surface area contributed by atoms with Crippen LogP contribution in [0.15, 0.2) is 72.9 Å². The predicted molar refractivity (Wildman–Crippen MR) is 323 cm³/mol. The second-order valence-electron chi connectivity index (χ2n) is 22.2. The summed E-state index contributed by atoms with van der Waals surface area (Å²) in [4.78, 5) is 37.7. The van der Waals surface area contributed by atoms with Crippen LogP contribution in [-0.2, 0) is 27.9 Å². The fourth-order valence-corrected chi connectivity index (χ4v) is 9.54. The molecule has 0 fully saturated rings. The highest BCUT2D eigenvalue weighted by atomic mass is 31.2. The first-order valence-corrected chi connectivity index (χ1v) is 32.8. The number of esters is 1. The summed E-state index contributed by atoms with van der Waals surface area (Å²) in [5.41, 5.74) is 0. The number of ether oxygens (including phenoxy) is 1. The number of quaternary nitrogens is 1. The van der Waals surface area contributed by atoms with E-state index < -0.39 is 20.0 Å². The van der Waals surface area contributed by atoms with Gasteiger partial charge in [-0.05, 0) is 96.0 Å². The van der Waals surface area contributed by atoms with Crippen LogP contribution >= 0.6 is 7.82 Å². The van der Waals surface area contributed by atoms with E-state index in [4.69, 9.17) is 13.8 Å². The zero-order chi connectivity index (χ0) is 55.0. The smallest absolute Gasteiger partial charge is 0.456 e. The molecule has 0 aliphatic rings. The Kier molecular flexibility index (Phi) is 52.9. The SMILES string of the molecule is CC/C=C/C/C=C/C/C=C/CCCCCCCCC(=O)NC(COP(=O)(O)OCC[N+](C)(C)C)C(/C=C/CCCCCCCCCCCC)OC(=O)CCCCCCCCCCCCC/C=C\C/C=C\CCCCC. The molecule has 0 radical (unpaired) electrons. The van der Waals surface area contributed by atoms with E-state index in [2.05, 4.69) is 86.8 Å². The molecule has 0 aromatic rings. The van der Waals surface area contributed by atoms with Crippen molar-refractivity contribution in [3.63, 3.8) is 0 Å². The third-order valence-electron chi connectivity index (χ3n) is 13.6. The summed E-state index contributed by atoms with van der Waals surface area (Å²) >= 11 is 0. The average molecular weight is 1070 g/mol. The number of hydrogen-bond acceptors (Lipinski definition) is 6. The molecule has 75 heavy (non-hydrogen) atoms. The number of hydrogen-bond donors (Lipinski definition) is 2. The van der Waals surface area contributed by atoms with E-state index in [0.717, 1.165) is 96.3 Å². The standard InChI is InChI=1S/C65H119N2O7P/c1-7-10-13-16-19-22-25-28-30-32-33-34-35-36-38-40-43-46-49-52-55-58-65(69)74-63(56-53-50-47-44-41-27-24-21-18-15-12-9-3)62(61-73-75(70,71)72-60-59-67(4,5)6)66-64(68)57-54-51-48-45-42-39-37-31-29-26-23-20-17-14-11-8-2/h11,14,19-20,22-23,28-31,53,56,62-63H,7-10,12-13,15-18,21,24-27,32-52,54-55,57-61H2,1-6H3,(H-,66,68,70,71)/p+1/b14-11+,22-19-,23-20+,30-28-,31-29+,56-53+. The molecule has 436 valence electrons. The van der Waals surface area contributed by atoms with Gasteiger partial charge in [-0.3, -0.25) is 18.6 Å². The molecule has 0 spiro atoms. The number of rotatable bonds is 56. The molecule has 0 aliphatic carbocycles. The number of unbranched alkanes of at least 4 members (excludes halogenated alkanes) is 30. The van der Waals surface area contributed by atoms with E-state index in [1.165, 1.54) is 148 Å². The van der Waals surface area contributed by atoms with Gasteiger partial charge in [0.1, 0.15) is 19.3 Å². The number of phosphoric ester groups is 1. The van der Waals surface area contributed by atoms with Gasteiger partial charge in [0.25, 0.3) is 0 Å². The number of carbonyl (C=O) groups is 2. The van der Waals surface area contributed by atoms with E-state index in [1.807, 2.05) is 33.3 Å². The van der Waals surface area contributed by atoms with Crippen molar-refractivity contribution in [1.82, 2.24) is 5.32 Å². The van der Waals surface area contributed by atoms with Crippen LogP contribution in [0, 0.1) is 0 Å². The number of nitrogens with one attached hydrogen (secondary N) is 1. The summed E-state index contributed by atoms with van der Waals surface area (Å²) in [6, 6.07) is -0.858. The Hall–Kier alpha value is -2.55.